The molecule has 4 rings (SSSR count). The number of aromatic nitrogens is 3. The van der Waals surface area contributed by atoms with Crippen molar-refractivity contribution in [2.75, 3.05) is 38.6 Å². The normalized spacial score (nSPS) is 11.8. The number of methoxy groups -OCH3 is 1. The quantitative estimate of drug-likeness (QED) is 0.0926. The van der Waals surface area contributed by atoms with Crippen molar-refractivity contribution >= 4 is 35.0 Å². The molecule has 0 aliphatic carbocycles. The number of unbranched alkanes of at least 4 members (excludes halogenated alkanes) is 2. The van der Waals surface area contributed by atoms with Crippen LogP contribution in [-0.2, 0) is 25.5 Å². The van der Waals surface area contributed by atoms with Crippen LogP contribution in [0.5, 0.6) is 5.75 Å². The zero-order valence-electron chi connectivity index (χ0n) is 31.8. The average molecular weight is 737 g/mol. The molecule has 4 aromatic rings. The van der Waals surface area contributed by atoms with E-state index in [-0.39, 0.29) is 30.3 Å². The van der Waals surface area contributed by atoms with E-state index in [9.17, 15) is 23.2 Å². The second kappa shape index (κ2) is 17.6. The Hall–Kier alpha value is -5.11. The smallest absolute Gasteiger partial charge is 0.320 e. The van der Waals surface area contributed by atoms with Gasteiger partial charge >= 0.3 is 11.9 Å². The molecule has 0 saturated heterocycles. The van der Waals surface area contributed by atoms with Gasteiger partial charge in [-0.05, 0) is 103 Å². The van der Waals surface area contributed by atoms with E-state index in [4.69, 9.17) is 14.2 Å². The highest BCUT2D eigenvalue weighted by Crippen LogP contribution is 2.32. The van der Waals surface area contributed by atoms with E-state index in [1.54, 1.807) is 69.2 Å². The number of esters is 2. The number of amides is 1. The Morgan fingerprint density at radius 1 is 0.887 bits per heavy atom. The summed E-state index contributed by atoms with van der Waals surface area (Å²) < 4.78 is 46.8. The number of hydrogen-bond acceptors (Lipinski definition) is 10. The number of rotatable bonds is 16. The van der Waals surface area contributed by atoms with Crippen molar-refractivity contribution in [1.82, 2.24) is 24.6 Å². The fourth-order valence-corrected chi connectivity index (χ4v) is 5.68. The molecule has 14 heteroatoms. The van der Waals surface area contributed by atoms with Gasteiger partial charge in [-0.3, -0.25) is 23.7 Å². The van der Waals surface area contributed by atoms with Crippen LogP contribution in [0.1, 0.15) is 83.7 Å². The van der Waals surface area contributed by atoms with Gasteiger partial charge in [-0.2, -0.15) is 4.39 Å². The van der Waals surface area contributed by atoms with Crippen molar-refractivity contribution in [2.24, 2.45) is 0 Å². The second-order valence-corrected chi connectivity index (χ2v) is 14.6. The SMILES string of the molecule is CCc1cc(Nc2nccn3c(-c4ccc(OC)c(F)c4F)cnc23)ccc1C(=O)NCCCCCN(CC(=O)OC(C)(C)C)CC(=O)OC(C)(C)C. The lowest BCUT2D eigenvalue weighted by molar-refractivity contribution is -0.159. The minimum atomic E-state index is -1.08. The highest BCUT2D eigenvalue weighted by Gasteiger charge is 2.24. The number of halogens is 2. The van der Waals surface area contributed by atoms with Crippen molar-refractivity contribution < 1.29 is 37.4 Å². The summed E-state index contributed by atoms with van der Waals surface area (Å²) in [6, 6.07) is 8.17. The molecule has 53 heavy (non-hydrogen) atoms. The third kappa shape index (κ3) is 11.4. The van der Waals surface area contributed by atoms with Crippen LogP contribution >= 0.6 is 0 Å². The molecule has 12 nitrogen and oxygen atoms in total. The Bertz CT molecular complexity index is 1890. The molecule has 2 N–H and O–H groups in total. The maximum Gasteiger partial charge on any atom is 0.320 e. The van der Waals surface area contributed by atoms with Crippen LogP contribution in [-0.4, -0.2) is 81.6 Å². The van der Waals surface area contributed by atoms with E-state index < -0.39 is 34.8 Å². The summed E-state index contributed by atoms with van der Waals surface area (Å²) in [4.78, 5) is 48.7. The molecular weight excluding hydrogens is 686 g/mol. The van der Waals surface area contributed by atoms with Gasteiger partial charge in [-0.15, -0.1) is 0 Å². The van der Waals surface area contributed by atoms with E-state index in [0.29, 0.717) is 60.8 Å². The molecule has 0 atom stereocenters. The van der Waals surface area contributed by atoms with Crippen LogP contribution in [0.25, 0.3) is 16.9 Å². The summed E-state index contributed by atoms with van der Waals surface area (Å²) in [5.41, 5.74) is 1.53. The summed E-state index contributed by atoms with van der Waals surface area (Å²) in [6.07, 6.45) is 7.34. The summed E-state index contributed by atoms with van der Waals surface area (Å²) in [6.45, 7) is 13.6. The number of hydrogen-bond donors (Lipinski definition) is 2. The summed E-state index contributed by atoms with van der Waals surface area (Å²) in [5, 5.41) is 6.23. The molecule has 0 spiro atoms. The standard InChI is InChI=1S/C39H50F2N6O6/c1-9-25-21-26(45-35-36-44-22-29(47(36)20-18-42-35)28-15-16-30(51-8)34(41)33(28)40)13-14-27(25)37(50)43-17-11-10-12-19-46(23-31(48)52-38(2,3)4)24-32(49)53-39(5,6)7/h13-16,18,20-22H,9-12,17,19,23-24H2,1-8H3,(H,42,45)(H,43,50). The Morgan fingerprint density at radius 2 is 1.57 bits per heavy atom. The van der Waals surface area contributed by atoms with Crippen molar-refractivity contribution in [3.63, 3.8) is 0 Å². The van der Waals surface area contributed by atoms with Crippen LogP contribution < -0.4 is 15.4 Å². The van der Waals surface area contributed by atoms with Gasteiger partial charge in [0.25, 0.3) is 5.91 Å². The maximum atomic E-state index is 14.9. The first-order valence-electron chi connectivity index (χ1n) is 17.7. The molecule has 0 bridgehead atoms. The lowest BCUT2D eigenvalue weighted by Crippen LogP contribution is -2.40. The highest BCUT2D eigenvalue weighted by atomic mass is 19.2. The third-order valence-corrected chi connectivity index (χ3v) is 7.95. The number of ether oxygens (including phenoxy) is 3. The zero-order chi connectivity index (χ0) is 38.9. The van der Waals surface area contributed by atoms with E-state index in [1.165, 1.54) is 31.6 Å². The predicted octanol–water partition coefficient (Wildman–Crippen LogP) is 6.87. The number of nitrogens with one attached hydrogen (secondary N) is 2. The largest absolute Gasteiger partial charge is 0.494 e. The number of carbonyl (C=O) groups excluding carboxylic acids is 3. The second-order valence-electron chi connectivity index (χ2n) is 14.6. The number of benzene rings is 2. The van der Waals surface area contributed by atoms with Gasteiger partial charge in [-0.1, -0.05) is 13.3 Å². The first kappa shape index (κ1) is 40.7. The molecule has 2 aromatic carbocycles. The molecule has 0 aliphatic rings. The molecule has 286 valence electrons. The molecule has 0 fully saturated rings. The number of aryl methyl sites for hydroxylation is 1. The van der Waals surface area contributed by atoms with Crippen molar-refractivity contribution in [3.05, 3.63) is 71.7 Å². The first-order valence-corrected chi connectivity index (χ1v) is 17.7. The average Bonchev–Trinajstić information content (AvgIpc) is 3.50. The molecular formula is C39H50F2N6O6. The highest BCUT2D eigenvalue weighted by molar-refractivity contribution is 5.96. The molecule has 0 unspecified atom stereocenters. The van der Waals surface area contributed by atoms with Crippen LogP contribution in [0, 0.1) is 11.6 Å². The van der Waals surface area contributed by atoms with Crippen LogP contribution in [0.2, 0.25) is 0 Å². The summed E-state index contributed by atoms with van der Waals surface area (Å²) in [7, 11) is 1.27. The Morgan fingerprint density at radius 3 is 2.19 bits per heavy atom. The summed E-state index contributed by atoms with van der Waals surface area (Å²) in [5.74, 6) is -2.95. The van der Waals surface area contributed by atoms with E-state index in [1.807, 2.05) is 13.0 Å². The van der Waals surface area contributed by atoms with Crippen molar-refractivity contribution in [2.45, 2.75) is 85.4 Å². The number of anilines is 2. The fraction of sp³-hybridized carbons (Fsp3) is 0.462. The molecule has 0 saturated carbocycles. The van der Waals surface area contributed by atoms with Gasteiger partial charge in [0.05, 0.1) is 32.1 Å². The number of imidazole rings is 1. The molecule has 0 radical (unpaired) electrons. The van der Waals surface area contributed by atoms with Crippen LogP contribution in [0.15, 0.2) is 48.9 Å². The predicted molar refractivity (Wildman–Crippen MR) is 198 cm³/mol. The first-order chi connectivity index (χ1) is 25.0. The zero-order valence-corrected chi connectivity index (χ0v) is 31.8. The lowest BCUT2D eigenvalue weighted by atomic mass is 10.0. The van der Waals surface area contributed by atoms with E-state index in [0.717, 1.165) is 12.0 Å². The number of carbonyl (C=O) groups is 3. The number of fused-ring (bicyclic) bond motifs is 1. The Balaban J connectivity index is 1.33. The van der Waals surface area contributed by atoms with Gasteiger partial charge in [0.15, 0.2) is 23.0 Å². The lowest BCUT2D eigenvalue weighted by Gasteiger charge is -2.26. The van der Waals surface area contributed by atoms with Gasteiger partial charge in [-0.25, -0.2) is 14.4 Å². The fourth-order valence-electron chi connectivity index (χ4n) is 5.68. The minimum Gasteiger partial charge on any atom is -0.494 e. The van der Waals surface area contributed by atoms with Crippen molar-refractivity contribution in [1.29, 1.82) is 0 Å². The monoisotopic (exact) mass is 736 g/mol. The Labute approximate surface area is 309 Å². The molecule has 2 heterocycles. The van der Waals surface area contributed by atoms with Gasteiger partial charge in [0, 0.05) is 35.8 Å². The van der Waals surface area contributed by atoms with Gasteiger partial charge < -0.3 is 24.8 Å². The third-order valence-electron chi connectivity index (χ3n) is 7.95. The molecule has 1 amide bonds. The van der Waals surface area contributed by atoms with Crippen LogP contribution in [0.3, 0.4) is 0 Å². The van der Waals surface area contributed by atoms with Gasteiger partial charge in [0.1, 0.15) is 11.2 Å². The minimum absolute atomic E-state index is 0.0231. The maximum absolute atomic E-state index is 14.9. The van der Waals surface area contributed by atoms with Crippen LogP contribution in [0.4, 0.5) is 20.3 Å². The Kier molecular flexibility index (Phi) is 13.5. The van der Waals surface area contributed by atoms with E-state index in [2.05, 4.69) is 20.6 Å². The summed E-state index contributed by atoms with van der Waals surface area (Å²) >= 11 is 0. The van der Waals surface area contributed by atoms with Crippen molar-refractivity contribution in [3.8, 4) is 17.0 Å². The van der Waals surface area contributed by atoms with Gasteiger partial charge in [0.2, 0.25) is 5.82 Å². The molecule has 2 aromatic heterocycles. The number of nitrogens with zero attached hydrogens (tertiary/aromatic N) is 4. The topological polar surface area (TPSA) is 136 Å². The molecule has 0 aliphatic heterocycles. The van der Waals surface area contributed by atoms with E-state index >= 15 is 0 Å².